The van der Waals surface area contributed by atoms with Crippen molar-refractivity contribution in [2.45, 2.75) is 20.8 Å². The minimum absolute atomic E-state index is 0.297. The molecule has 134 valence electrons. The van der Waals surface area contributed by atoms with Crippen molar-refractivity contribution in [3.05, 3.63) is 63.8 Å². The first kappa shape index (κ1) is 17.9. The molecule has 0 saturated heterocycles. The zero-order valence-corrected chi connectivity index (χ0v) is 15.8. The standard InChI is InChI=1S/C19H19N3O3S/c1-11-10-15(19(24)25-4)18(26-11)20-17(23)16-12(2)21-22(13(16)3)14-8-6-5-7-9-14/h5-10H,1-4H3,(H,20,23). The molecule has 2 heterocycles. The highest BCUT2D eigenvalue weighted by molar-refractivity contribution is 7.16. The van der Waals surface area contributed by atoms with Crippen LogP contribution in [0.25, 0.3) is 5.69 Å². The lowest BCUT2D eigenvalue weighted by atomic mass is 10.2. The van der Waals surface area contributed by atoms with Crippen LogP contribution >= 0.6 is 11.3 Å². The van der Waals surface area contributed by atoms with Gasteiger partial charge in [0.2, 0.25) is 0 Å². The number of methoxy groups -OCH3 is 1. The van der Waals surface area contributed by atoms with Gasteiger partial charge >= 0.3 is 5.97 Å². The van der Waals surface area contributed by atoms with Crippen LogP contribution in [0.15, 0.2) is 36.4 Å². The first-order valence-electron chi connectivity index (χ1n) is 8.04. The summed E-state index contributed by atoms with van der Waals surface area (Å²) in [4.78, 5) is 25.7. The van der Waals surface area contributed by atoms with Gasteiger partial charge in [-0.05, 0) is 39.0 Å². The maximum absolute atomic E-state index is 12.9. The summed E-state index contributed by atoms with van der Waals surface area (Å²) < 4.78 is 6.53. The summed E-state index contributed by atoms with van der Waals surface area (Å²) in [5, 5.41) is 7.80. The highest BCUT2D eigenvalue weighted by atomic mass is 32.1. The van der Waals surface area contributed by atoms with Crippen LogP contribution in [0.1, 0.15) is 37.0 Å². The number of para-hydroxylation sites is 1. The smallest absolute Gasteiger partial charge is 0.340 e. The third-order valence-corrected chi connectivity index (χ3v) is 4.97. The van der Waals surface area contributed by atoms with Crippen LogP contribution in [0.4, 0.5) is 5.00 Å². The molecule has 26 heavy (non-hydrogen) atoms. The van der Waals surface area contributed by atoms with Gasteiger partial charge in [0.1, 0.15) is 5.00 Å². The molecule has 7 heteroatoms. The average molecular weight is 369 g/mol. The molecule has 0 radical (unpaired) electrons. The molecule has 1 aromatic carbocycles. The second-order valence-electron chi connectivity index (χ2n) is 5.84. The number of carbonyl (C=O) groups excluding carboxylic acids is 2. The van der Waals surface area contributed by atoms with E-state index in [2.05, 4.69) is 10.4 Å². The molecule has 0 unspecified atom stereocenters. The number of hydrogen-bond acceptors (Lipinski definition) is 5. The van der Waals surface area contributed by atoms with Gasteiger partial charge in [0.25, 0.3) is 5.91 Å². The summed E-state index contributed by atoms with van der Waals surface area (Å²) >= 11 is 1.34. The van der Waals surface area contributed by atoms with Gasteiger partial charge < -0.3 is 10.1 Å². The van der Waals surface area contributed by atoms with Crippen molar-refractivity contribution in [1.82, 2.24) is 9.78 Å². The van der Waals surface area contributed by atoms with E-state index in [1.54, 1.807) is 17.7 Å². The minimum atomic E-state index is -0.474. The lowest BCUT2D eigenvalue weighted by molar-refractivity contribution is 0.0602. The Morgan fingerprint density at radius 3 is 2.50 bits per heavy atom. The Morgan fingerprint density at radius 2 is 1.85 bits per heavy atom. The van der Waals surface area contributed by atoms with Gasteiger partial charge in [0.05, 0.1) is 35.3 Å². The van der Waals surface area contributed by atoms with E-state index in [9.17, 15) is 9.59 Å². The number of nitrogens with zero attached hydrogens (tertiary/aromatic N) is 2. The summed E-state index contributed by atoms with van der Waals surface area (Å²) in [5.41, 5.74) is 3.09. The summed E-state index contributed by atoms with van der Waals surface area (Å²) in [7, 11) is 1.32. The van der Waals surface area contributed by atoms with Crippen LogP contribution < -0.4 is 5.32 Å². The SMILES string of the molecule is COC(=O)c1cc(C)sc1NC(=O)c1c(C)nn(-c2ccccc2)c1C. The van der Waals surface area contributed by atoms with Crippen molar-refractivity contribution in [1.29, 1.82) is 0 Å². The lowest BCUT2D eigenvalue weighted by Gasteiger charge is -2.07. The number of aryl methyl sites for hydroxylation is 2. The predicted molar refractivity (Wildman–Crippen MR) is 101 cm³/mol. The molecule has 0 saturated carbocycles. The van der Waals surface area contributed by atoms with E-state index in [-0.39, 0.29) is 5.91 Å². The molecule has 3 rings (SSSR count). The minimum Gasteiger partial charge on any atom is -0.465 e. The molecule has 0 atom stereocenters. The van der Waals surface area contributed by atoms with Crippen molar-refractivity contribution in [3.8, 4) is 5.69 Å². The first-order valence-corrected chi connectivity index (χ1v) is 8.85. The van der Waals surface area contributed by atoms with Crippen molar-refractivity contribution in [2.75, 3.05) is 12.4 Å². The van der Waals surface area contributed by atoms with E-state index in [1.165, 1.54) is 18.4 Å². The van der Waals surface area contributed by atoms with Gasteiger partial charge in [-0.25, -0.2) is 9.48 Å². The maximum Gasteiger partial charge on any atom is 0.340 e. The van der Waals surface area contributed by atoms with Crippen molar-refractivity contribution in [3.63, 3.8) is 0 Å². The van der Waals surface area contributed by atoms with Gasteiger partial charge in [-0.1, -0.05) is 18.2 Å². The molecule has 2 aromatic heterocycles. The Kier molecular flexibility index (Phi) is 4.90. The summed E-state index contributed by atoms with van der Waals surface area (Å²) in [6.07, 6.45) is 0. The Hall–Kier alpha value is -2.93. The van der Waals surface area contributed by atoms with Crippen molar-refractivity contribution in [2.24, 2.45) is 0 Å². The molecule has 0 spiro atoms. The van der Waals surface area contributed by atoms with Gasteiger partial charge in [-0.2, -0.15) is 5.10 Å². The highest BCUT2D eigenvalue weighted by Crippen LogP contribution is 2.29. The highest BCUT2D eigenvalue weighted by Gasteiger charge is 2.23. The van der Waals surface area contributed by atoms with Gasteiger partial charge in [-0.3, -0.25) is 4.79 Å². The molecule has 1 amide bonds. The molecule has 0 bridgehead atoms. The monoisotopic (exact) mass is 369 g/mol. The maximum atomic E-state index is 12.9. The van der Waals surface area contributed by atoms with E-state index in [1.807, 2.05) is 44.2 Å². The summed E-state index contributed by atoms with van der Waals surface area (Å²) in [6, 6.07) is 11.3. The average Bonchev–Trinajstić information content (AvgIpc) is 3.14. The van der Waals surface area contributed by atoms with Crippen LogP contribution in [-0.4, -0.2) is 28.8 Å². The van der Waals surface area contributed by atoms with E-state index in [0.717, 1.165) is 16.3 Å². The predicted octanol–water partition coefficient (Wildman–Crippen LogP) is 3.90. The van der Waals surface area contributed by atoms with E-state index in [0.29, 0.717) is 21.8 Å². The molecule has 1 N–H and O–H groups in total. The third-order valence-electron chi connectivity index (χ3n) is 4.01. The number of aromatic nitrogens is 2. The number of nitrogens with one attached hydrogen (secondary N) is 1. The van der Waals surface area contributed by atoms with E-state index in [4.69, 9.17) is 4.74 Å². The van der Waals surface area contributed by atoms with Gasteiger partial charge in [-0.15, -0.1) is 11.3 Å². The van der Waals surface area contributed by atoms with Gasteiger partial charge in [0, 0.05) is 4.88 Å². The zero-order valence-electron chi connectivity index (χ0n) is 15.0. The largest absolute Gasteiger partial charge is 0.465 e. The quantitative estimate of drug-likeness (QED) is 0.708. The van der Waals surface area contributed by atoms with E-state index >= 15 is 0 Å². The fourth-order valence-corrected chi connectivity index (χ4v) is 3.72. The number of ether oxygens (including phenoxy) is 1. The van der Waals surface area contributed by atoms with Crippen LogP contribution in [0, 0.1) is 20.8 Å². The topological polar surface area (TPSA) is 73.2 Å². The van der Waals surface area contributed by atoms with Crippen molar-refractivity contribution >= 4 is 28.2 Å². The number of carbonyl (C=O) groups is 2. The Labute approximate surface area is 155 Å². The molecule has 6 nitrogen and oxygen atoms in total. The second kappa shape index (κ2) is 7.13. The molecule has 0 aliphatic heterocycles. The number of thiophene rings is 1. The van der Waals surface area contributed by atoms with Gasteiger partial charge in [0.15, 0.2) is 0 Å². The normalized spacial score (nSPS) is 10.6. The molecular formula is C19H19N3O3S. The fourth-order valence-electron chi connectivity index (χ4n) is 2.83. The Balaban J connectivity index is 1.95. The van der Waals surface area contributed by atoms with Crippen LogP contribution in [0.3, 0.4) is 0 Å². The Morgan fingerprint density at radius 1 is 1.15 bits per heavy atom. The molecule has 0 fully saturated rings. The fraction of sp³-hybridized carbons (Fsp3) is 0.211. The number of rotatable bonds is 4. The van der Waals surface area contributed by atoms with Crippen LogP contribution in [0.5, 0.6) is 0 Å². The number of esters is 1. The molecule has 0 aliphatic rings. The summed E-state index contributed by atoms with van der Waals surface area (Å²) in [6.45, 7) is 5.52. The third kappa shape index (κ3) is 3.25. The number of anilines is 1. The van der Waals surface area contributed by atoms with Crippen molar-refractivity contribution < 1.29 is 14.3 Å². The Bertz CT molecular complexity index is 974. The van der Waals surface area contributed by atoms with E-state index < -0.39 is 5.97 Å². The summed E-state index contributed by atoms with van der Waals surface area (Å²) in [5.74, 6) is -0.771. The number of amides is 1. The van der Waals surface area contributed by atoms with Crippen LogP contribution in [-0.2, 0) is 4.74 Å². The molecule has 0 aliphatic carbocycles. The first-order chi connectivity index (χ1) is 12.4. The number of benzene rings is 1. The molecule has 3 aromatic rings. The number of hydrogen-bond donors (Lipinski definition) is 1. The zero-order chi connectivity index (χ0) is 18.8. The lowest BCUT2D eigenvalue weighted by Crippen LogP contribution is -2.15. The second-order valence-corrected chi connectivity index (χ2v) is 7.10. The van der Waals surface area contributed by atoms with Crippen LogP contribution in [0.2, 0.25) is 0 Å². The molecular weight excluding hydrogens is 350 g/mol.